The molecule has 0 aliphatic heterocycles. The fraction of sp³-hybridized carbons (Fsp3) is 0.200. The van der Waals surface area contributed by atoms with E-state index in [-0.39, 0.29) is 27.2 Å². The molecule has 1 atom stereocenters. The van der Waals surface area contributed by atoms with Gasteiger partial charge in [-0.1, -0.05) is 29.8 Å². The Hall–Kier alpha value is -3.40. The van der Waals surface area contributed by atoms with Gasteiger partial charge in [-0.25, -0.2) is 9.48 Å². The monoisotopic (exact) mass is 453 g/mol. The number of benzene rings is 2. The number of nitrogens with zero attached hydrogens (tertiary/aromatic N) is 2. The minimum absolute atomic E-state index is 0.120. The van der Waals surface area contributed by atoms with E-state index in [4.69, 9.17) is 16.3 Å². The van der Waals surface area contributed by atoms with Crippen LogP contribution in [0.4, 0.5) is 18.9 Å². The number of amides is 1. The zero-order valence-electron chi connectivity index (χ0n) is 16.2. The molecule has 162 valence electrons. The summed E-state index contributed by atoms with van der Waals surface area (Å²) in [7, 11) is 1.36. The van der Waals surface area contributed by atoms with Crippen LogP contribution in [0, 0.1) is 0 Å². The molecular weight excluding hydrogens is 439 g/mol. The molecule has 0 aliphatic carbocycles. The Bertz CT molecular complexity index is 1240. The van der Waals surface area contributed by atoms with Crippen LogP contribution in [-0.4, -0.2) is 27.8 Å². The molecule has 1 amide bonds. The van der Waals surface area contributed by atoms with Crippen molar-refractivity contribution in [2.45, 2.75) is 19.2 Å². The van der Waals surface area contributed by atoms with E-state index < -0.39 is 35.3 Å². The Kier molecular flexibility index (Phi) is 6.03. The molecule has 0 bridgehead atoms. The van der Waals surface area contributed by atoms with Crippen molar-refractivity contribution in [3.8, 4) is 0 Å². The van der Waals surface area contributed by atoms with E-state index in [1.54, 1.807) is 12.1 Å². The van der Waals surface area contributed by atoms with Crippen molar-refractivity contribution in [1.29, 1.82) is 0 Å². The number of nitrogens with one attached hydrogen (secondary N) is 1. The van der Waals surface area contributed by atoms with Gasteiger partial charge in [0.2, 0.25) is 0 Å². The Morgan fingerprint density at radius 1 is 1.16 bits per heavy atom. The molecule has 1 N–H and O–H groups in total. The number of hydrogen-bond acceptors (Lipinski definition) is 5. The van der Waals surface area contributed by atoms with E-state index in [1.165, 1.54) is 26.1 Å². The molecule has 1 aromatic heterocycles. The van der Waals surface area contributed by atoms with Crippen molar-refractivity contribution in [2.24, 2.45) is 7.05 Å². The summed E-state index contributed by atoms with van der Waals surface area (Å²) in [4.78, 5) is 37.1. The number of ether oxygens (including phenoxy) is 1. The number of hydrogen-bond donors (Lipinski definition) is 1. The first-order valence-corrected chi connectivity index (χ1v) is 9.21. The van der Waals surface area contributed by atoms with Gasteiger partial charge in [0, 0.05) is 12.4 Å². The summed E-state index contributed by atoms with van der Waals surface area (Å²) in [6.45, 7) is 1.24. The van der Waals surface area contributed by atoms with Crippen LogP contribution < -0.4 is 10.9 Å². The second kappa shape index (κ2) is 8.38. The van der Waals surface area contributed by atoms with Crippen LogP contribution in [0.25, 0.3) is 10.8 Å². The standard InChI is InChI=1S/C20H15ClF3N3O4/c1-10(17(28)25-15-9-11(20(22,23)24)7-8-14(15)21)31-19(30)16-12-5-3-4-6-13(12)18(29)27(2)26-16/h3-10H,1-2H3,(H,25,28)/t10-/m1/s1. The largest absolute Gasteiger partial charge is 0.448 e. The molecule has 0 fully saturated rings. The van der Waals surface area contributed by atoms with Gasteiger partial charge in [0.15, 0.2) is 11.8 Å². The van der Waals surface area contributed by atoms with Gasteiger partial charge >= 0.3 is 12.1 Å². The Morgan fingerprint density at radius 2 is 1.81 bits per heavy atom. The minimum atomic E-state index is -4.63. The smallest absolute Gasteiger partial charge is 0.416 e. The molecule has 0 unspecified atom stereocenters. The predicted octanol–water partition coefficient (Wildman–Crippen LogP) is 3.79. The Balaban J connectivity index is 1.81. The minimum Gasteiger partial charge on any atom is -0.448 e. The van der Waals surface area contributed by atoms with Gasteiger partial charge in [0.05, 0.1) is 21.7 Å². The summed E-state index contributed by atoms with van der Waals surface area (Å²) in [5.74, 6) is -1.88. The number of alkyl halides is 3. The lowest BCUT2D eigenvalue weighted by atomic mass is 10.1. The fourth-order valence-electron chi connectivity index (χ4n) is 2.75. The maximum atomic E-state index is 12.9. The zero-order valence-corrected chi connectivity index (χ0v) is 16.9. The summed E-state index contributed by atoms with van der Waals surface area (Å²) in [5.41, 5.74) is -1.89. The van der Waals surface area contributed by atoms with Gasteiger partial charge in [0.25, 0.3) is 11.5 Å². The number of anilines is 1. The first-order valence-electron chi connectivity index (χ1n) is 8.83. The normalized spacial score (nSPS) is 12.5. The lowest BCUT2D eigenvalue weighted by Gasteiger charge is -2.16. The average molecular weight is 454 g/mol. The van der Waals surface area contributed by atoms with Crippen LogP contribution in [0.2, 0.25) is 5.02 Å². The lowest BCUT2D eigenvalue weighted by molar-refractivity contribution is -0.137. The molecule has 0 spiro atoms. The van der Waals surface area contributed by atoms with Crippen molar-refractivity contribution in [3.63, 3.8) is 0 Å². The third-order valence-corrected chi connectivity index (χ3v) is 4.68. The van der Waals surface area contributed by atoms with E-state index in [0.29, 0.717) is 6.07 Å². The van der Waals surface area contributed by atoms with Crippen molar-refractivity contribution < 1.29 is 27.5 Å². The summed E-state index contributed by atoms with van der Waals surface area (Å²) in [5, 5.41) is 6.47. The van der Waals surface area contributed by atoms with Crippen LogP contribution in [0.3, 0.4) is 0 Å². The van der Waals surface area contributed by atoms with Crippen molar-refractivity contribution >= 4 is 39.9 Å². The van der Waals surface area contributed by atoms with E-state index >= 15 is 0 Å². The fourth-order valence-corrected chi connectivity index (χ4v) is 2.92. The SMILES string of the molecule is C[C@@H](OC(=O)c1nn(C)c(=O)c2ccccc12)C(=O)Nc1cc(C(F)(F)F)ccc1Cl. The van der Waals surface area contributed by atoms with Gasteiger partial charge in [0.1, 0.15) is 0 Å². The summed E-state index contributed by atoms with van der Waals surface area (Å²) in [6.07, 6.45) is -6.02. The van der Waals surface area contributed by atoms with E-state index in [9.17, 15) is 27.6 Å². The summed E-state index contributed by atoms with van der Waals surface area (Å²) in [6, 6.07) is 8.70. The average Bonchev–Trinajstić information content (AvgIpc) is 2.71. The number of aryl methyl sites for hydroxylation is 1. The zero-order chi connectivity index (χ0) is 22.9. The third kappa shape index (κ3) is 4.69. The number of aromatic nitrogens is 2. The second-order valence-electron chi connectivity index (χ2n) is 6.55. The molecule has 31 heavy (non-hydrogen) atoms. The highest BCUT2D eigenvalue weighted by atomic mass is 35.5. The number of fused-ring (bicyclic) bond motifs is 1. The number of carbonyl (C=O) groups is 2. The molecule has 3 rings (SSSR count). The van der Waals surface area contributed by atoms with Gasteiger partial charge in [-0.05, 0) is 31.2 Å². The Labute approximate surface area is 178 Å². The molecule has 0 aliphatic rings. The molecule has 1 heterocycles. The van der Waals surface area contributed by atoms with Gasteiger partial charge in [-0.15, -0.1) is 0 Å². The van der Waals surface area contributed by atoms with Crippen molar-refractivity contribution in [1.82, 2.24) is 9.78 Å². The van der Waals surface area contributed by atoms with Crippen LogP contribution in [0.15, 0.2) is 47.3 Å². The number of esters is 1. The first kappa shape index (κ1) is 22.3. The molecule has 11 heteroatoms. The van der Waals surface area contributed by atoms with Crippen molar-refractivity contribution in [2.75, 3.05) is 5.32 Å². The van der Waals surface area contributed by atoms with E-state index in [1.807, 2.05) is 0 Å². The van der Waals surface area contributed by atoms with Crippen LogP contribution in [0.1, 0.15) is 23.0 Å². The molecule has 0 saturated carbocycles. The quantitative estimate of drug-likeness (QED) is 0.607. The summed E-state index contributed by atoms with van der Waals surface area (Å²) < 4.78 is 44.7. The number of rotatable bonds is 4. The molecule has 3 aromatic rings. The van der Waals surface area contributed by atoms with E-state index in [2.05, 4.69) is 10.4 Å². The van der Waals surface area contributed by atoms with Gasteiger partial charge in [-0.2, -0.15) is 18.3 Å². The topological polar surface area (TPSA) is 90.3 Å². The Morgan fingerprint density at radius 3 is 2.45 bits per heavy atom. The highest BCUT2D eigenvalue weighted by molar-refractivity contribution is 6.33. The van der Waals surface area contributed by atoms with Crippen LogP contribution in [-0.2, 0) is 22.8 Å². The van der Waals surface area contributed by atoms with Gasteiger partial charge < -0.3 is 10.1 Å². The first-order chi connectivity index (χ1) is 14.5. The molecule has 0 saturated heterocycles. The number of halogens is 4. The molecular formula is C20H15ClF3N3O4. The number of carbonyl (C=O) groups excluding carboxylic acids is 2. The maximum absolute atomic E-state index is 12.9. The van der Waals surface area contributed by atoms with Gasteiger partial charge in [-0.3, -0.25) is 9.59 Å². The second-order valence-corrected chi connectivity index (χ2v) is 6.96. The van der Waals surface area contributed by atoms with E-state index in [0.717, 1.165) is 16.8 Å². The predicted molar refractivity (Wildman–Crippen MR) is 107 cm³/mol. The summed E-state index contributed by atoms with van der Waals surface area (Å²) >= 11 is 5.86. The highest BCUT2D eigenvalue weighted by Gasteiger charge is 2.31. The molecule has 7 nitrogen and oxygen atoms in total. The third-order valence-electron chi connectivity index (χ3n) is 4.35. The maximum Gasteiger partial charge on any atom is 0.416 e. The lowest BCUT2D eigenvalue weighted by Crippen LogP contribution is -2.31. The molecule has 0 radical (unpaired) electrons. The van der Waals surface area contributed by atoms with Crippen molar-refractivity contribution in [3.05, 3.63) is 69.1 Å². The highest BCUT2D eigenvalue weighted by Crippen LogP contribution is 2.33. The van der Waals surface area contributed by atoms with Crippen LogP contribution >= 0.6 is 11.6 Å². The molecule has 2 aromatic carbocycles. The van der Waals surface area contributed by atoms with Crippen LogP contribution in [0.5, 0.6) is 0 Å².